The van der Waals surface area contributed by atoms with E-state index in [-0.39, 0.29) is 11.9 Å². The fourth-order valence-corrected chi connectivity index (χ4v) is 3.40. The lowest BCUT2D eigenvalue weighted by Crippen LogP contribution is -2.27. The quantitative estimate of drug-likeness (QED) is 0.920. The second-order valence-corrected chi connectivity index (χ2v) is 5.73. The smallest absolute Gasteiger partial charge is 0.123 e. The molecule has 1 aromatic heterocycles. The van der Waals surface area contributed by atoms with Gasteiger partial charge in [-0.1, -0.05) is 19.1 Å². The van der Waals surface area contributed by atoms with Gasteiger partial charge in [-0.15, -0.1) is 0 Å². The van der Waals surface area contributed by atoms with E-state index in [0.717, 1.165) is 30.5 Å². The molecule has 110 valence electrons. The van der Waals surface area contributed by atoms with Crippen molar-refractivity contribution in [3.05, 3.63) is 64.7 Å². The van der Waals surface area contributed by atoms with Crippen LogP contribution in [-0.4, -0.2) is 11.5 Å². The predicted molar refractivity (Wildman–Crippen MR) is 82.9 cm³/mol. The molecule has 0 fully saturated rings. The van der Waals surface area contributed by atoms with Crippen molar-refractivity contribution in [2.45, 2.75) is 38.6 Å². The predicted octanol–water partition coefficient (Wildman–Crippen LogP) is 3.91. The number of hydrogen-bond acceptors (Lipinski definition) is 2. The first-order valence-corrected chi connectivity index (χ1v) is 7.64. The van der Waals surface area contributed by atoms with E-state index in [9.17, 15) is 4.39 Å². The molecule has 21 heavy (non-hydrogen) atoms. The summed E-state index contributed by atoms with van der Waals surface area (Å²) in [6, 6.07) is 9.35. The fourth-order valence-electron chi connectivity index (χ4n) is 3.40. The van der Waals surface area contributed by atoms with E-state index in [2.05, 4.69) is 23.3 Å². The van der Waals surface area contributed by atoms with Crippen molar-refractivity contribution in [1.82, 2.24) is 10.3 Å². The zero-order chi connectivity index (χ0) is 14.8. The van der Waals surface area contributed by atoms with E-state index in [4.69, 9.17) is 0 Å². The molecule has 3 rings (SSSR count). The minimum atomic E-state index is -0.169. The average Bonchev–Trinajstić information content (AvgIpc) is 2.91. The first-order chi connectivity index (χ1) is 10.2. The molecular weight excluding hydrogens is 263 g/mol. The van der Waals surface area contributed by atoms with Crippen LogP contribution in [0.1, 0.15) is 47.7 Å². The molecule has 0 bridgehead atoms. The Labute approximate surface area is 125 Å². The first kappa shape index (κ1) is 14.2. The molecule has 0 amide bonds. The van der Waals surface area contributed by atoms with E-state index in [1.165, 1.54) is 17.3 Å². The van der Waals surface area contributed by atoms with Crippen molar-refractivity contribution in [1.29, 1.82) is 0 Å². The highest BCUT2D eigenvalue weighted by molar-refractivity contribution is 5.37. The minimum absolute atomic E-state index is 0.127. The molecule has 2 nitrogen and oxygen atoms in total. The minimum Gasteiger partial charge on any atom is -0.310 e. The largest absolute Gasteiger partial charge is 0.310 e. The monoisotopic (exact) mass is 284 g/mol. The number of nitrogens with one attached hydrogen (secondary N) is 1. The van der Waals surface area contributed by atoms with Gasteiger partial charge in [-0.2, -0.15) is 0 Å². The second kappa shape index (κ2) is 5.94. The Bertz CT molecular complexity index is 639. The summed E-state index contributed by atoms with van der Waals surface area (Å²) in [5, 5.41) is 3.54. The molecular formula is C18H21FN2. The van der Waals surface area contributed by atoms with Gasteiger partial charge in [0.15, 0.2) is 0 Å². The fraction of sp³-hybridized carbons (Fsp3) is 0.389. The van der Waals surface area contributed by atoms with Crippen LogP contribution in [0.4, 0.5) is 4.39 Å². The molecule has 2 atom stereocenters. The van der Waals surface area contributed by atoms with Crippen LogP contribution in [0.25, 0.3) is 0 Å². The Morgan fingerprint density at radius 3 is 3.05 bits per heavy atom. The van der Waals surface area contributed by atoms with Crippen LogP contribution in [0, 0.1) is 12.7 Å². The lowest BCUT2D eigenvalue weighted by molar-refractivity contribution is 0.443. The van der Waals surface area contributed by atoms with Crippen LogP contribution < -0.4 is 5.32 Å². The van der Waals surface area contributed by atoms with Gasteiger partial charge in [0.1, 0.15) is 5.82 Å². The van der Waals surface area contributed by atoms with Gasteiger partial charge < -0.3 is 5.32 Å². The third kappa shape index (κ3) is 2.70. The third-order valence-corrected chi connectivity index (χ3v) is 4.40. The molecule has 0 radical (unpaired) electrons. The van der Waals surface area contributed by atoms with Gasteiger partial charge in [0, 0.05) is 23.9 Å². The van der Waals surface area contributed by atoms with Gasteiger partial charge in [0.2, 0.25) is 0 Å². The van der Waals surface area contributed by atoms with E-state index in [0.29, 0.717) is 5.92 Å². The zero-order valence-electron chi connectivity index (χ0n) is 12.6. The number of likely N-dealkylation sites (N-methyl/N-ethyl adjacent to an activating group) is 1. The maximum absolute atomic E-state index is 13.7. The maximum Gasteiger partial charge on any atom is 0.123 e. The molecule has 0 spiro atoms. The standard InChI is InChI=1S/C18H21FN2/c1-3-20-18(16-11-14(19)8-6-12(16)2)15-9-7-13-5-4-10-21-17(13)15/h4-6,8,10-11,15,18,20H,3,7,9H2,1-2H3. The summed E-state index contributed by atoms with van der Waals surface area (Å²) in [5.41, 5.74) is 4.69. The Morgan fingerprint density at radius 2 is 2.24 bits per heavy atom. The summed E-state index contributed by atoms with van der Waals surface area (Å²) in [6.45, 7) is 5.00. The van der Waals surface area contributed by atoms with Crippen LogP contribution in [0.5, 0.6) is 0 Å². The first-order valence-electron chi connectivity index (χ1n) is 7.64. The molecule has 1 aromatic carbocycles. The second-order valence-electron chi connectivity index (χ2n) is 5.73. The molecule has 2 aromatic rings. The normalized spacial score (nSPS) is 18.5. The van der Waals surface area contributed by atoms with Gasteiger partial charge in [0.05, 0.1) is 0 Å². The number of aromatic nitrogens is 1. The highest BCUT2D eigenvalue weighted by Gasteiger charge is 2.32. The average molecular weight is 284 g/mol. The highest BCUT2D eigenvalue weighted by Crippen LogP contribution is 2.41. The van der Waals surface area contributed by atoms with Crippen molar-refractivity contribution in [2.24, 2.45) is 0 Å². The molecule has 1 heterocycles. The van der Waals surface area contributed by atoms with Crippen molar-refractivity contribution < 1.29 is 4.39 Å². The third-order valence-electron chi connectivity index (χ3n) is 4.40. The van der Waals surface area contributed by atoms with Gasteiger partial charge >= 0.3 is 0 Å². The number of nitrogens with zero attached hydrogens (tertiary/aromatic N) is 1. The van der Waals surface area contributed by atoms with E-state index >= 15 is 0 Å². The molecule has 1 N–H and O–H groups in total. The summed E-state index contributed by atoms with van der Waals surface area (Å²) < 4.78 is 13.7. The van der Waals surface area contributed by atoms with Gasteiger partial charge in [-0.05, 0) is 61.2 Å². The molecule has 3 heteroatoms. The van der Waals surface area contributed by atoms with Crippen LogP contribution in [0.2, 0.25) is 0 Å². The number of hydrogen-bond donors (Lipinski definition) is 1. The topological polar surface area (TPSA) is 24.9 Å². The number of aryl methyl sites for hydroxylation is 2. The molecule has 2 unspecified atom stereocenters. The summed E-state index contributed by atoms with van der Waals surface area (Å²) >= 11 is 0. The number of fused-ring (bicyclic) bond motifs is 1. The summed E-state index contributed by atoms with van der Waals surface area (Å²) in [6.07, 6.45) is 3.99. The Hall–Kier alpha value is -1.74. The van der Waals surface area contributed by atoms with Crippen molar-refractivity contribution in [3.63, 3.8) is 0 Å². The summed E-state index contributed by atoms with van der Waals surface area (Å²) in [4.78, 5) is 4.59. The Kier molecular flexibility index (Phi) is 4.02. The number of pyridine rings is 1. The molecule has 1 aliphatic rings. The van der Waals surface area contributed by atoms with Crippen molar-refractivity contribution in [3.8, 4) is 0 Å². The zero-order valence-corrected chi connectivity index (χ0v) is 12.6. The van der Waals surface area contributed by atoms with Gasteiger partial charge in [-0.25, -0.2) is 4.39 Å². The SMILES string of the molecule is CCNC(c1cc(F)ccc1C)C1CCc2cccnc21. The lowest BCUT2D eigenvalue weighted by atomic mass is 9.88. The summed E-state index contributed by atoms with van der Waals surface area (Å²) in [5.74, 6) is 0.152. The maximum atomic E-state index is 13.7. The van der Waals surface area contributed by atoms with Crippen LogP contribution >= 0.6 is 0 Å². The van der Waals surface area contributed by atoms with E-state index in [1.54, 1.807) is 6.07 Å². The van der Waals surface area contributed by atoms with Crippen LogP contribution in [-0.2, 0) is 6.42 Å². The van der Waals surface area contributed by atoms with E-state index in [1.807, 2.05) is 25.3 Å². The van der Waals surface area contributed by atoms with E-state index < -0.39 is 0 Å². The Morgan fingerprint density at radius 1 is 1.38 bits per heavy atom. The molecule has 0 saturated carbocycles. The van der Waals surface area contributed by atoms with Crippen molar-refractivity contribution in [2.75, 3.05) is 6.54 Å². The molecule has 1 aliphatic carbocycles. The van der Waals surface area contributed by atoms with Crippen molar-refractivity contribution >= 4 is 0 Å². The summed E-state index contributed by atoms with van der Waals surface area (Å²) in [7, 11) is 0. The lowest BCUT2D eigenvalue weighted by Gasteiger charge is -2.26. The number of halogens is 1. The molecule has 0 saturated heterocycles. The van der Waals surface area contributed by atoms with Crippen LogP contribution in [0.15, 0.2) is 36.5 Å². The van der Waals surface area contributed by atoms with Crippen LogP contribution in [0.3, 0.4) is 0 Å². The highest BCUT2D eigenvalue weighted by atomic mass is 19.1. The number of rotatable bonds is 4. The number of benzene rings is 1. The van der Waals surface area contributed by atoms with Gasteiger partial charge in [-0.3, -0.25) is 4.98 Å². The Balaban J connectivity index is 2.01. The molecule has 0 aliphatic heterocycles. The van der Waals surface area contributed by atoms with Gasteiger partial charge in [0.25, 0.3) is 0 Å².